The molecule has 0 aliphatic rings. The molecule has 1 heterocycles. The number of hydrogen-bond donors (Lipinski definition) is 2. The van der Waals surface area contributed by atoms with Crippen LogP contribution in [-0.2, 0) is 0 Å². The zero-order chi connectivity index (χ0) is 9.52. The normalized spacial score (nSPS) is 9.00. The minimum Gasteiger partial charge on any atom is -0.382 e. The van der Waals surface area contributed by atoms with E-state index in [1.165, 1.54) is 0 Å². The van der Waals surface area contributed by atoms with Gasteiger partial charge in [0, 0.05) is 13.0 Å². The van der Waals surface area contributed by atoms with E-state index in [4.69, 9.17) is 5.73 Å². The Morgan fingerprint density at radius 3 is 2.92 bits per heavy atom. The number of hydrogen-bond acceptors (Lipinski definition) is 4. The lowest BCUT2D eigenvalue weighted by atomic mass is 10.3. The van der Waals surface area contributed by atoms with E-state index in [0.717, 1.165) is 13.0 Å². The molecule has 0 bridgehead atoms. The molecule has 1 aromatic rings. The van der Waals surface area contributed by atoms with E-state index in [-0.39, 0.29) is 0 Å². The lowest BCUT2D eigenvalue weighted by Gasteiger charge is -1.90. The maximum absolute atomic E-state index is 5.37. The molecule has 68 valence electrons. The standard InChI is InChI=1S/C9H12N4/c1-11-7-3-2-4-8-5-6-9(10)13-12-8/h5-6,11H,3,7H2,1H3,(H2,10,13). The van der Waals surface area contributed by atoms with Crippen molar-refractivity contribution >= 4 is 5.82 Å². The van der Waals surface area contributed by atoms with Gasteiger partial charge in [0.15, 0.2) is 0 Å². The van der Waals surface area contributed by atoms with Crippen LogP contribution < -0.4 is 11.1 Å². The van der Waals surface area contributed by atoms with E-state index in [2.05, 4.69) is 27.4 Å². The van der Waals surface area contributed by atoms with Gasteiger partial charge in [-0.2, -0.15) is 0 Å². The highest BCUT2D eigenvalue weighted by molar-refractivity contribution is 5.32. The van der Waals surface area contributed by atoms with E-state index in [1.807, 2.05) is 7.05 Å². The lowest BCUT2D eigenvalue weighted by molar-refractivity contribution is 0.818. The SMILES string of the molecule is CNCCC#Cc1ccc(N)nn1. The Kier molecular flexibility index (Phi) is 3.74. The predicted molar refractivity (Wildman–Crippen MR) is 51.9 cm³/mol. The van der Waals surface area contributed by atoms with Crippen LogP contribution in [0.3, 0.4) is 0 Å². The zero-order valence-corrected chi connectivity index (χ0v) is 7.54. The molecule has 0 spiro atoms. The molecule has 0 unspecified atom stereocenters. The first-order valence-corrected chi connectivity index (χ1v) is 4.05. The second kappa shape index (κ2) is 5.12. The highest BCUT2D eigenvalue weighted by atomic mass is 15.1. The molecule has 0 amide bonds. The van der Waals surface area contributed by atoms with Gasteiger partial charge in [0.2, 0.25) is 0 Å². The third-order valence-corrected chi connectivity index (χ3v) is 1.40. The Labute approximate surface area is 77.6 Å². The van der Waals surface area contributed by atoms with Crippen LogP contribution in [0.1, 0.15) is 12.1 Å². The monoisotopic (exact) mass is 176 g/mol. The van der Waals surface area contributed by atoms with Gasteiger partial charge in [-0.05, 0) is 25.1 Å². The van der Waals surface area contributed by atoms with E-state index in [0.29, 0.717) is 11.5 Å². The molecule has 1 rings (SSSR count). The van der Waals surface area contributed by atoms with Crippen molar-refractivity contribution in [3.05, 3.63) is 17.8 Å². The summed E-state index contributed by atoms with van der Waals surface area (Å²) in [5.74, 6) is 6.27. The molecule has 13 heavy (non-hydrogen) atoms. The minimum atomic E-state index is 0.417. The van der Waals surface area contributed by atoms with Crippen molar-refractivity contribution in [1.82, 2.24) is 15.5 Å². The highest BCUT2D eigenvalue weighted by Gasteiger charge is 1.88. The van der Waals surface area contributed by atoms with Crippen LogP contribution in [-0.4, -0.2) is 23.8 Å². The summed E-state index contributed by atoms with van der Waals surface area (Å²) in [5, 5.41) is 10.5. The molecule has 3 N–H and O–H groups in total. The smallest absolute Gasteiger partial charge is 0.146 e. The second-order valence-electron chi connectivity index (χ2n) is 2.50. The Hall–Kier alpha value is -1.60. The molecule has 4 heteroatoms. The molecular weight excluding hydrogens is 164 g/mol. The number of nitrogen functional groups attached to an aromatic ring is 1. The predicted octanol–water partition coefficient (Wildman–Crippen LogP) is 0.0198. The molecule has 0 aliphatic carbocycles. The fourth-order valence-electron chi connectivity index (χ4n) is 0.750. The fourth-order valence-corrected chi connectivity index (χ4v) is 0.750. The average molecular weight is 176 g/mol. The number of rotatable bonds is 2. The van der Waals surface area contributed by atoms with Crippen molar-refractivity contribution in [2.75, 3.05) is 19.3 Å². The van der Waals surface area contributed by atoms with Crippen LogP contribution in [0.25, 0.3) is 0 Å². The summed E-state index contributed by atoms with van der Waals surface area (Å²) >= 11 is 0. The number of nitrogens with one attached hydrogen (secondary N) is 1. The topological polar surface area (TPSA) is 63.8 Å². The number of nitrogens with two attached hydrogens (primary N) is 1. The molecule has 1 aromatic heterocycles. The summed E-state index contributed by atoms with van der Waals surface area (Å²) in [4.78, 5) is 0. The van der Waals surface area contributed by atoms with E-state index < -0.39 is 0 Å². The van der Waals surface area contributed by atoms with Crippen LogP contribution in [0.2, 0.25) is 0 Å². The van der Waals surface area contributed by atoms with Gasteiger partial charge < -0.3 is 11.1 Å². The van der Waals surface area contributed by atoms with Crippen molar-refractivity contribution in [3.63, 3.8) is 0 Å². The number of aromatic nitrogens is 2. The van der Waals surface area contributed by atoms with Crippen molar-refractivity contribution in [2.45, 2.75) is 6.42 Å². The Bertz CT molecular complexity index is 307. The van der Waals surface area contributed by atoms with Gasteiger partial charge in [0.1, 0.15) is 11.5 Å². The molecule has 0 atom stereocenters. The van der Waals surface area contributed by atoms with Gasteiger partial charge in [0.25, 0.3) is 0 Å². The van der Waals surface area contributed by atoms with Crippen LogP contribution in [0.15, 0.2) is 12.1 Å². The Balaban J connectivity index is 2.52. The van der Waals surface area contributed by atoms with Crippen molar-refractivity contribution < 1.29 is 0 Å². The molecule has 0 fully saturated rings. The summed E-state index contributed by atoms with van der Waals surface area (Å²) < 4.78 is 0. The molecule has 0 aromatic carbocycles. The molecule has 0 saturated carbocycles. The van der Waals surface area contributed by atoms with Gasteiger partial charge in [-0.1, -0.05) is 5.92 Å². The zero-order valence-electron chi connectivity index (χ0n) is 7.54. The third-order valence-electron chi connectivity index (χ3n) is 1.40. The molecule has 4 nitrogen and oxygen atoms in total. The molecule has 0 radical (unpaired) electrons. The minimum absolute atomic E-state index is 0.417. The first kappa shape index (κ1) is 9.49. The summed E-state index contributed by atoms with van der Waals surface area (Å²) in [5.41, 5.74) is 6.03. The second-order valence-corrected chi connectivity index (χ2v) is 2.50. The lowest BCUT2D eigenvalue weighted by Crippen LogP contribution is -2.05. The third kappa shape index (κ3) is 3.54. The summed E-state index contributed by atoms with van der Waals surface area (Å²) in [6, 6.07) is 3.45. The average Bonchev–Trinajstić information content (AvgIpc) is 2.15. The Morgan fingerprint density at radius 1 is 1.46 bits per heavy atom. The maximum Gasteiger partial charge on any atom is 0.146 e. The van der Waals surface area contributed by atoms with Crippen molar-refractivity contribution in [2.24, 2.45) is 0 Å². The van der Waals surface area contributed by atoms with Gasteiger partial charge >= 0.3 is 0 Å². The van der Waals surface area contributed by atoms with Crippen LogP contribution >= 0.6 is 0 Å². The number of anilines is 1. The molecular formula is C9H12N4. The van der Waals surface area contributed by atoms with Crippen molar-refractivity contribution in [3.8, 4) is 11.8 Å². The molecule has 0 aliphatic heterocycles. The highest BCUT2D eigenvalue weighted by Crippen LogP contribution is 1.94. The van der Waals surface area contributed by atoms with E-state index in [1.54, 1.807) is 12.1 Å². The van der Waals surface area contributed by atoms with E-state index in [9.17, 15) is 0 Å². The molecule has 0 saturated heterocycles. The van der Waals surface area contributed by atoms with Gasteiger partial charge in [-0.25, -0.2) is 0 Å². The Morgan fingerprint density at radius 2 is 2.31 bits per heavy atom. The van der Waals surface area contributed by atoms with Crippen LogP contribution in [0, 0.1) is 11.8 Å². The van der Waals surface area contributed by atoms with Gasteiger partial charge in [0.05, 0.1) is 0 Å². The quantitative estimate of drug-likeness (QED) is 0.492. The fraction of sp³-hybridized carbons (Fsp3) is 0.333. The first-order valence-electron chi connectivity index (χ1n) is 4.05. The van der Waals surface area contributed by atoms with Crippen LogP contribution in [0.4, 0.5) is 5.82 Å². The largest absolute Gasteiger partial charge is 0.382 e. The van der Waals surface area contributed by atoms with Crippen LogP contribution in [0.5, 0.6) is 0 Å². The van der Waals surface area contributed by atoms with Crippen molar-refractivity contribution in [1.29, 1.82) is 0 Å². The number of nitrogens with zero attached hydrogens (tertiary/aromatic N) is 2. The summed E-state index contributed by atoms with van der Waals surface area (Å²) in [6.45, 7) is 0.884. The summed E-state index contributed by atoms with van der Waals surface area (Å²) in [6.07, 6.45) is 0.808. The first-order chi connectivity index (χ1) is 6.33. The van der Waals surface area contributed by atoms with E-state index >= 15 is 0 Å². The van der Waals surface area contributed by atoms with Gasteiger partial charge in [-0.3, -0.25) is 0 Å². The van der Waals surface area contributed by atoms with Gasteiger partial charge in [-0.15, -0.1) is 10.2 Å². The maximum atomic E-state index is 5.37. The summed E-state index contributed by atoms with van der Waals surface area (Å²) in [7, 11) is 1.89.